The van der Waals surface area contributed by atoms with Crippen molar-refractivity contribution >= 4 is 23.0 Å². The van der Waals surface area contributed by atoms with Crippen LogP contribution in [0, 0.1) is 5.82 Å². The highest BCUT2D eigenvalue weighted by Gasteiger charge is 2.13. The molecule has 0 saturated heterocycles. The number of hydrogen-bond acceptors (Lipinski definition) is 3. The van der Waals surface area contributed by atoms with Crippen molar-refractivity contribution < 1.29 is 9.18 Å². The van der Waals surface area contributed by atoms with Gasteiger partial charge in [0.1, 0.15) is 5.82 Å². The van der Waals surface area contributed by atoms with E-state index >= 15 is 0 Å². The van der Waals surface area contributed by atoms with Gasteiger partial charge in [0.25, 0.3) is 5.91 Å². The van der Waals surface area contributed by atoms with E-state index in [0.29, 0.717) is 16.9 Å². The van der Waals surface area contributed by atoms with Gasteiger partial charge >= 0.3 is 0 Å². The molecule has 104 valence electrons. The number of hydrogen-bond donors (Lipinski definition) is 2. The minimum absolute atomic E-state index is 0.285. The molecule has 0 bridgehead atoms. The first kappa shape index (κ1) is 13.9. The summed E-state index contributed by atoms with van der Waals surface area (Å²) in [6.45, 7) is 0. The maximum atomic E-state index is 12.8. The predicted octanol–water partition coefficient (Wildman–Crippen LogP) is 2.73. The van der Waals surface area contributed by atoms with Gasteiger partial charge in [-0.05, 0) is 42.5 Å². The molecule has 3 N–H and O–H groups in total. The van der Waals surface area contributed by atoms with Crippen molar-refractivity contribution in [2.24, 2.45) is 0 Å². The Hall–Kier alpha value is -2.56. The smallest absolute Gasteiger partial charge is 0.257 e. The molecule has 0 aliphatic rings. The maximum Gasteiger partial charge on any atom is 0.257 e. The summed E-state index contributed by atoms with van der Waals surface area (Å²) in [4.78, 5) is 14.1. The van der Waals surface area contributed by atoms with Crippen molar-refractivity contribution in [2.75, 3.05) is 30.0 Å². The standard InChI is InChI=1S/C15H16FN3O/c1-19(2)14-8-5-11(17)9-13(14)15(20)18-12-6-3-10(16)4-7-12/h3-9H,17H2,1-2H3,(H,18,20). The second-order valence-electron chi connectivity index (χ2n) is 4.63. The van der Waals surface area contributed by atoms with E-state index in [9.17, 15) is 9.18 Å². The number of carbonyl (C=O) groups is 1. The summed E-state index contributed by atoms with van der Waals surface area (Å²) < 4.78 is 12.8. The number of halogens is 1. The lowest BCUT2D eigenvalue weighted by Crippen LogP contribution is -2.18. The summed E-state index contributed by atoms with van der Waals surface area (Å²) >= 11 is 0. The van der Waals surface area contributed by atoms with E-state index in [2.05, 4.69) is 5.32 Å². The molecule has 0 aromatic heterocycles. The van der Waals surface area contributed by atoms with E-state index < -0.39 is 0 Å². The van der Waals surface area contributed by atoms with Gasteiger partial charge in [0.15, 0.2) is 0 Å². The highest BCUT2D eigenvalue weighted by molar-refractivity contribution is 6.08. The van der Waals surface area contributed by atoms with Crippen molar-refractivity contribution in [3.8, 4) is 0 Å². The average Bonchev–Trinajstić information content (AvgIpc) is 2.41. The van der Waals surface area contributed by atoms with Crippen LogP contribution in [-0.2, 0) is 0 Å². The zero-order chi connectivity index (χ0) is 14.7. The molecule has 0 aliphatic carbocycles. The monoisotopic (exact) mass is 273 g/mol. The second kappa shape index (κ2) is 5.61. The second-order valence-corrected chi connectivity index (χ2v) is 4.63. The molecule has 0 heterocycles. The van der Waals surface area contributed by atoms with Crippen LogP contribution < -0.4 is 16.0 Å². The lowest BCUT2D eigenvalue weighted by atomic mass is 10.1. The molecule has 0 radical (unpaired) electrons. The van der Waals surface area contributed by atoms with Crippen LogP contribution in [0.3, 0.4) is 0 Å². The van der Waals surface area contributed by atoms with E-state index in [1.807, 2.05) is 19.0 Å². The first-order chi connectivity index (χ1) is 9.47. The molecule has 0 aliphatic heterocycles. The molecule has 1 amide bonds. The zero-order valence-corrected chi connectivity index (χ0v) is 11.4. The Labute approximate surface area is 117 Å². The van der Waals surface area contributed by atoms with Crippen LogP contribution in [0.15, 0.2) is 42.5 Å². The zero-order valence-electron chi connectivity index (χ0n) is 11.4. The van der Waals surface area contributed by atoms with Gasteiger partial charge in [0.05, 0.1) is 5.56 Å². The number of nitrogens with zero attached hydrogens (tertiary/aromatic N) is 1. The Morgan fingerprint density at radius 2 is 1.80 bits per heavy atom. The minimum Gasteiger partial charge on any atom is -0.399 e. The number of amides is 1. The van der Waals surface area contributed by atoms with E-state index in [1.54, 1.807) is 18.2 Å². The van der Waals surface area contributed by atoms with Gasteiger partial charge in [-0.1, -0.05) is 0 Å². The van der Waals surface area contributed by atoms with Crippen molar-refractivity contribution in [2.45, 2.75) is 0 Å². The molecular weight excluding hydrogens is 257 g/mol. The molecule has 2 aromatic carbocycles. The molecule has 0 fully saturated rings. The number of rotatable bonds is 3. The number of anilines is 3. The van der Waals surface area contributed by atoms with E-state index in [0.717, 1.165) is 5.69 Å². The topological polar surface area (TPSA) is 58.4 Å². The van der Waals surface area contributed by atoms with Gasteiger partial charge in [0.2, 0.25) is 0 Å². The third-order valence-corrected chi connectivity index (χ3v) is 2.85. The van der Waals surface area contributed by atoms with Gasteiger partial charge in [-0.3, -0.25) is 4.79 Å². The summed E-state index contributed by atoms with van der Waals surface area (Å²) in [7, 11) is 3.69. The first-order valence-electron chi connectivity index (χ1n) is 6.11. The minimum atomic E-state index is -0.346. The Balaban J connectivity index is 2.28. The van der Waals surface area contributed by atoms with Crippen LogP contribution in [0.4, 0.5) is 21.5 Å². The Bertz CT molecular complexity index is 624. The van der Waals surface area contributed by atoms with Crippen LogP contribution in [0.1, 0.15) is 10.4 Å². The van der Waals surface area contributed by atoms with E-state index in [4.69, 9.17) is 5.73 Å². The largest absolute Gasteiger partial charge is 0.399 e. The number of nitrogens with one attached hydrogen (secondary N) is 1. The SMILES string of the molecule is CN(C)c1ccc(N)cc1C(=O)Nc1ccc(F)cc1. The highest BCUT2D eigenvalue weighted by atomic mass is 19.1. The summed E-state index contributed by atoms with van der Waals surface area (Å²) in [6, 6.07) is 10.8. The molecular formula is C15H16FN3O. The summed E-state index contributed by atoms with van der Waals surface area (Å²) in [5.41, 5.74) is 8.01. The third kappa shape index (κ3) is 3.06. The predicted molar refractivity (Wildman–Crippen MR) is 79.5 cm³/mol. The van der Waals surface area contributed by atoms with E-state index in [-0.39, 0.29) is 11.7 Å². The normalized spacial score (nSPS) is 10.2. The summed E-state index contributed by atoms with van der Waals surface area (Å²) in [6.07, 6.45) is 0. The number of benzene rings is 2. The molecule has 2 aromatic rings. The van der Waals surface area contributed by atoms with E-state index in [1.165, 1.54) is 24.3 Å². The van der Waals surface area contributed by atoms with Gasteiger partial charge in [-0.2, -0.15) is 0 Å². The quantitative estimate of drug-likeness (QED) is 0.845. The Morgan fingerprint density at radius 1 is 1.15 bits per heavy atom. The maximum absolute atomic E-state index is 12.8. The molecule has 0 atom stereocenters. The summed E-state index contributed by atoms with van der Waals surface area (Å²) in [5, 5.41) is 2.72. The fraction of sp³-hybridized carbons (Fsp3) is 0.133. The lowest BCUT2D eigenvalue weighted by molar-refractivity contribution is 0.102. The van der Waals surface area contributed by atoms with Gasteiger partial charge in [-0.15, -0.1) is 0 Å². The first-order valence-corrected chi connectivity index (χ1v) is 6.11. The lowest BCUT2D eigenvalue weighted by Gasteiger charge is -2.17. The number of nitrogen functional groups attached to an aromatic ring is 1. The molecule has 4 nitrogen and oxygen atoms in total. The van der Waals surface area contributed by atoms with Crippen molar-refractivity contribution in [1.82, 2.24) is 0 Å². The van der Waals surface area contributed by atoms with Gasteiger partial charge in [-0.25, -0.2) is 4.39 Å². The fourth-order valence-electron chi connectivity index (χ4n) is 1.86. The molecule has 0 unspecified atom stereocenters. The molecule has 0 saturated carbocycles. The van der Waals surface area contributed by atoms with Crippen molar-refractivity contribution in [1.29, 1.82) is 0 Å². The average molecular weight is 273 g/mol. The molecule has 0 spiro atoms. The molecule has 5 heteroatoms. The van der Waals surface area contributed by atoms with Crippen LogP contribution in [0.25, 0.3) is 0 Å². The van der Waals surface area contributed by atoms with Crippen molar-refractivity contribution in [3.63, 3.8) is 0 Å². The Kier molecular flexibility index (Phi) is 3.89. The highest BCUT2D eigenvalue weighted by Crippen LogP contribution is 2.22. The van der Waals surface area contributed by atoms with Crippen LogP contribution >= 0.6 is 0 Å². The fourth-order valence-corrected chi connectivity index (χ4v) is 1.86. The van der Waals surface area contributed by atoms with Gasteiger partial charge < -0.3 is 16.0 Å². The molecule has 20 heavy (non-hydrogen) atoms. The third-order valence-electron chi connectivity index (χ3n) is 2.85. The van der Waals surface area contributed by atoms with Crippen LogP contribution in [0.5, 0.6) is 0 Å². The van der Waals surface area contributed by atoms with Crippen LogP contribution in [-0.4, -0.2) is 20.0 Å². The molecule has 2 rings (SSSR count). The van der Waals surface area contributed by atoms with Crippen molar-refractivity contribution in [3.05, 3.63) is 53.8 Å². The number of carbonyl (C=O) groups excluding carboxylic acids is 1. The summed E-state index contributed by atoms with van der Waals surface area (Å²) in [5.74, 6) is -0.631. The Morgan fingerprint density at radius 3 is 2.40 bits per heavy atom. The van der Waals surface area contributed by atoms with Crippen LogP contribution in [0.2, 0.25) is 0 Å². The number of nitrogens with two attached hydrogens (primary N) is 1. The van der Waals surface area contributed by atoms with Gasteiger partial charge in [0, 0.05) is 31.2 Å².